The summed E-state index contributed by atoms with van der Waals surface area (Å²) in [6, 6.07) is 1.75. The number of aromatic nitrogens is 4. The number of carboxylic acids is 1. The molecule has 8 heteroatoms. The average Bonchev–Trinajstić information content (AvgIpc) is 2.86. The molecule has 0 unspecified atom stereocenters. The first-order valence-electron chi connectivity index (χ1n) is 5.15. The van der Waals surface area contributed by atoms with Crippen LogP contribution >= 0.6 is 22.9 Å². The molecule has 2 aromatic rings. The summed E-state index contributed by atoms with van der Waals surface area (Å²) in [6.07, 6.45) is 0. The summed E-state index contributed by atoms with van der Waals surface area (Å²) >= 11 is 7.44. The summed E-state index contributed by atoms with van der Waals surface area (Å²) in [7, 11) is 0. The van der Waals surface area contributed by atoms with Gasteiger partial charge >= 0.3 is 5.97 Å². The molecule has 2 aromatic heterocycles. The summed E-state index contributed by atoms with van der Waals surface area (Å²) in [6.45, 7) is 3.42. The standard InChI is InChI=1S/C10H11ClN4O2S/c1-10(2,9(16)17)5-15-8(12-13-14-15)7-6(11)3-4-18-7/h3-4H,5H2,1-2H3,(H,16,17). The smallest absolute Gasteiger partial charge is 0.310 e. The van der Waals surface area contributed by atoms with Gasteiger partial charge in [-0.3, -0.25) is 4.79 Å². The molecule has 6 nitrogen and oxygen atoms in total. The zero-order chi connectivity index (χ0) is 13.3. The molecule has 0 aromatic carbocycles. The number of hydrogen-bond acceptors (Lipinski definition) is 5. The Kier molecular flexibility index (Phi) is 3.36. The molecule has 96 valence electrons. The summed E-state index contributed by atoms with van der Waals surface area (Å²) < 4.78 is 1.46. The van der Waals surface area contributed by atoms with E-state index in [2.05, 4.69) is 15.5 Å². The Labute approximate surface area is 112 Å². The maximum atomic E-state index is 11.1. The van der Waals surface area contributed by atoms with Gasteiger partial charge in [-0.05, 0) is 35.7 Å². The van der Waals surface area contributed by atoms with Gasteiger partial charge in [0.2, 0.25) is 0 Å². The van der Waals surface area contributed by atoms with Crippen molar-refractivity contribution in [3.05, 3.63) is 16.5 Å². The van der Waals surface area contributed by atoms with Crippen LogP contribution in [-0.2, 0) is 11.3 Å². The van der Waals surface area contributed by atoms with Crippen LogP contribution in [-0.4, -0.2) is 31.3 Å². The molecule has 0 saturated carbocycles. The molecule has 0 fully saturated rings. The number of halogens is 1. The highest BCUT2D eigenvalue weighted by molar-refractivity contribution is 7.14. The van der Waals surface area contributed by atoms with Gasteiger partial charge in [-0.2, -0.15) is 0 Å². The molecule has 0 saturated heterocycles. The van der Waals surface area contributed by atoms with Crippen molar-refractivity contribution >= 4 is 28.9 Å². The average molecular weight is 287 g/mol. The minimum atomic E-state index is -0.951. The summed E-state index contributed by atoms with van der Waals surface area (Å²) in [5.41, 5.74) is -0.951. The fourth-order valence-electron chi connectivity index (χ4n) is 1.37. The van der Waals surface area contributed by atoms with Crippen LogP contribution in [0.4, 0.5) is 0 Å². The number of rotatable bonds is 4. The third kappa shape index (κ3) is 2.37. The number of aliphatic carboxylic acids is 1. The predicted octanol–water partition coefficient (Wildman–Crippen LogP) is 2.17. The Morgan fingerprint density at radius 1 is 1.61 bits per heavy atom. The Morgan fingerprint density at radius 3 is 2.89 bits per heavy atom. The quantitative estimate of drug-likeness (QED) is 0.931. The highest BCUT2D eigenvalue weighted by Crippen LogP contribution is 2.32. The maximum Gasteiger partial charge on any atom is 0.310 e. The van der Waals surface area contributed by atoms with Gasteiger partial charge in [-0.15, -0.1) is 16.4 Å². The molecule has 0 aliphatic rings. The highest BCUT2D eigenvalue weighted by atomic mass is 35.5. The lowest BCUT2D eigenvalue weighted by Crippen LogP contribution is -2.30. The summed E-state index contributed by atoms with van der Waals surface area (Å²) in [5.74, 6) is -0.412. The zero-order valence-corrected chi connectivity index (χ0v) is 11.4. The minimum absolute atomic E-state index is 0.179. The van der Waals surface area contributed by atoms with Crippen LogP contribution in [0.1, 0.15) is 13.8 Å². The zero-order valence-electron chi connectivity index (χ0n) is 9.79. The lowest BCUT2D eigenvalue weighted by molar-refractivity contribution is -0.147. The van der Waals surface area contributed by atoms with Crippen molar-refractivity contribution in [1.29, 1.82) is 0 Å². The SMILES string of the molecule is CC(C)(Cn1nnnc1-c1sccc1Cl)C(=O)O. The lowest BCUT2D eigenvalue weighted by atomic mass is 9.94. The van der Waals surface area contributed by atoms with E-state index >= 15 is 0 Å². The van der Waals surface area contributed by atoms with E-state index in [1.807, 2.05) is 5.38 Å². The van der Waals surface area contributed by atoms with Gasteiger partial charge in [0.15, 0.2) is 5.82 Å². The molecule has 1 N–H and O–H groups in total. The van der Waals surface area contributed by atoms with E-state index < -0.39 is 11.4 Å². The van der Waals surface area contributed by atoms with Gasteiger partial charge in [0.25, 0.3) is 0 Å². The Bertz CT molecular complexity index is 578. The van der Waals surface area contributed by atoms with Crippen LogP contribution in [0.5, 0.6) is 0 Å². The predicted molar refractivity (Wildman–Crippen MR) is 67.6 cm³/mol. The normalized spacial score (nSPS) is 11.7. The minimum Gasteiger partial charge on any atom is -0.481 e. The van der Waals surface area contributed by atoms with E-state index in [1.54, 1.807) is 19.9 Å². The maximum absolute atomic E-state index is 11.1. The summed E-state index contributed by atoms with van der Waals surface area (Å²) in [5, 5.41) is 22.8. The van der Waals surface area contributed by atoms with Gasteiger partial charge in [-0.25, -0.2) is 4.68 Å². The number of hydrogen-bond donors (Lipinski definition) is 1. The van der Waals surface area contributed by atoms with E-state index in [1.165, 1.54) is 16.0 Å². The van der Waals surface area contributed by atoms with Gasteiger partial charge in [-0.1, -0.05) is 11.6 Å². The van der Waals surface area contributed by atoms with Gasteiger partial charge in [0, 0.05) is 0 Å². The monoisotopic (exact) mass is 286 g/mol. The first-order valence-corrected chi connectivity index (χ1v) is 6.40. The Morgan fingerprint density at radius 2 is 2.33 bits per heavy atom. The number of carbonyl (C=O) groups is 1. The van der Waals surface area contributed by atoms with E-state index in [0.29, 0.717) is 10.8 Å². The second-order valence-corrected chi connectivity index (χ2v) is 5.77. The molecule has 0 aliphatic carbocycles. The fraction of sp³-hybridized carbons (Fsp3) is 0.400. The molecular formula is C10H11ClN4O2S. The molecule has 0 bridgehead atoms. The van der Waals surface area contributed by atoms with Crippen molar-refractivity contribution in [1.82, 2.24) is 20.2 Å². The van der Waals surface area contributed by atoms with Crippen molar-refractivity contribution < 1.29 is 9.90 Å². The second kappa shape index (κ2) is 4.66. The largest absolute Gasteiger partial charge is 0.481 e. The molecule has 0 amide bonds. The van der Waals surface area contributed by atoms with Gasteiger partial charge in [0.1, 0.15) is 0 Å². The molecule has 2 rings (SSSR count). The van der Waals surface area contributed by atoms with Crippen molar-refractivity contribution in [3.63, 3.8) is 0 Å². The summed E-state index contributed by atoms with van der Waals surface area (Å²) in [4.78, 5) is 11.8. The molecule has 0 aliphatic heterocycles. The number of thiophene rings is 1. The first kappa shape index (κ1) is 13.0. The first-order chi connectivity index (χ1) is 8.42. The number of tetrazole rings is 1. The molecule has 0 atom stereocenters. The van der Waals surface area contributed by atoms with Crippen LogP contribution in [0.3, 0.4) is 0 Å². The highest BCUT2D eigenvalue weighted by Gasteiger charge is 2.30. The molecular weight excluding hydrogens is 276 g/mol. The molecule has 2 heterocycles. The van der Waals surface area contributed by atoms with Crippen molar-refractivity contribution in [2.75, 3.05) is 0 Å². The second-order valence-electron chi connectivity index (χ2n) is 4.45. The Hall–Kier alpha value is -1.47. The Balaban J connectivity index is 2.35. The van der Waals surface area contributed by atoms with Crippen molar-refractivity contribution in [2.45, 2.75) is 20.4 Å². The van der Waals surface area contributed by atoms with Crippen molar-refractivity contribution in [2.24, 2.45) is 5.41 Å². The van der Waals surface area contributed by atoms with Crippen LogP contribution in [0.2, 0.25) is 5.02 Å². The van der Waals surface area contributed by atoms with E-state index in [4.69, 9.17) is 16.7 Å². The van der Waals surface area contributed by atoms with Gasteiger partial charge in [0.05, 0.1) is 21.9 Å². The van der Waals surface area contributed by atoms with Crippen LogP contribution < -0.4 is 0 Å². The van der Waals surface area contributed by atoms with E-state index in [9.17, 15) is 4.79 Å². The van der Waals surface area contributed by atoms with Gasteiger partial charge < -0.3 is 5.11 Å². The molecule has 18 heavy (non-hydrogen) atoms. The third-order valence-electron chi connectivity index (χ3n) is 2.48. The van der Waals surface area contributed by atoms with Crippen LogP contribution in [0.25, 0.3) is 10.7 Å². The topological polar surface area (TPSA) is 80.9 Å². The lowest BCUT2D eigenvalue weighted by Gasteiger charge is -2.18. The molecule has 0 spiro atoms. The molecule has 0 radical (unpaired) electrons. The van der Waals surface area contributed by atoms with E-state index in [0.717, 1.165) is 4.88 Å². The fourth-order valence-corrected chi connectivity index (χ4v) is 2.50. The van der Waals surface area contributed by atoms with Crippen LogP contribution in [0, 0.1) is 5.41 Å². The number of nitrogens with zero attached hydrogens (tertiary/aromatic N) is 4. The van der Waals surface area contributed by atoms with Crippen molar-refractivity contribution in [3.8, 4) is 10.7 Å². The third-order valence-corrected chi connectivity index (χ3v) is 3.81. The van der Waals surface area contributed by atoms with Crippen LogP contribution in [0.15, 0.2) is 11.4 Å². The van der Waals surface area contributed by atoms with E-state index in [-0.39, 0.29) is 6.54 Å². The number of carboxylic acid groups (broad SMARTS) is 1.